The van der Waals surface area contributed by atoms with Gasteiger partial charge < -0.3 is 5.32 Å². The molecule has 3 rings (SSSR count). The molecule has 3 aromatic rings. The van der Waals surface area contributed by atoms with Crippen LogP contribution in [0.15, 0.2) is 30.6 Å². The minimum Gasteiger partial charge on any atom is -0.353 e. The summed E-state index contributed by atoms with van der Waals surface area (Å²) in [5.41, 5.74) is 3.41. The predicted molar refractivity (Wildman–Crippen MR) is 91.5 cm³/mol. The van der Waals surface area contributed by atoms with Crippen molar-refractivity contribution in [3.63, 3.8) is 0 Å². The molecular formula is C16H15ClN6O. The van der Waals surface area contributed by atoms with Gasteiger partial charge in [-0.1, -0.05) is 23.7 Å². The van der Waals surface area contributed by atoms with E-state index in [0.29, 0.717) is 11.5 Å². The van der Waals surface area contributed by atoms with E-state index in [4.69, 9.17) is 11.6 Å². The Hall–Kier alpha value is -2.80. The summed E-state index contributed by atoms with van der Waals surface area (Å²) in [7, 11) is 1.82. The highest BCUT2D eigenvalue weighted by molar-refractivity contribution is 6.29. The predicted octanol–water partition coefficient (Wildman–Crippen LogP) is 3.18. The lowest BCUT2D eigenvalue weighted by Gasteiger charge is -2.13. The van der Waals surface area contributed by atoms with E-state index in [1.165, 1.54) is 6.92 Å². The van der Waals surface area contributed by atoms with Gasteiger partial charge in [-0.25, -0.2) is 4.98 Å². The molecule has 0 radical (unpaired) electrons. The fourth-order valence-corrected chi connectivity index (χ4v) is 2.49. The number of nitrogens with zero attached hydrogens (tertiary/aromatic N) is 5. The third kappa shape index (κ3) is 3.11. The number of carbonyl (C=O) groups is 1. The van der Waals surface area contributed by atoms with E-state index < -0.39 is 0 Å². The number of carbonyl (C=O) groups excluding carboxylic acids is 1. The number of aryl methyl sites for hydroxylation is 1. The molecule has 0 atom stereocenters. The highest BCUT2D eigenvalue weighted by Crippen LogP contribution is 2.29. The van der Waals surface area contributed by atoms with Crippen molar-refractivity contribution < 1.29 is 4.79 Å². The molecule has 0 aliphatic heterocycles. The van der Waals surface area contributed by atoms with Crippen LogP contribution in [0, 0.1) is 6.92 Å². The zero-order valence-corrected chi connectivity index (χ0v) is 14.2. The van der Waals surface area contributed by atoms with Gasteiger partial charge in [-0.05, 0) is 18.6 Å². The Bertz CT molecular complexity index is 921. The number of hydrogen-bond acceptors (Lipinski definition) is 6. The van der Waals surface area contributed by atoms with Gasteiger partial charge in [0.15, 0.2) is 22.5 Å². The minimum absolute atomic E-state index is 0.193. The first-order valence-corrected chi connectivity index (χ1v) is 7.60. The maximum atomic E-state index is 11.7. The van der Waals surface area contributed by atoms with E-state index in [9.17, 15) is 4.79 Å². The maximum absolute atomic E-state index is 11.7. The molecule has 24 heavy (non-hydrogen) atoms. The van der Waals surface area contributed by atoms with Crippen molar-refractivity contribution in [3.8, 4) is 11.4 Å². The Morgan fingerprint density at radius 1 is 1.25 bits per heavy atom. The van der Waals surface area contributed by atoms with E-state index in [1.807, 2.05) is 32.2 Å². The van der Waals surface area contributed by atoms with Crippen LogP contribution in [-0.2, 0) is 7.05 Å². The summed E-state index contributed by atoms with van der Waals surface area (Å²) in [6, 6.07) is 7.32. The van der Waals surface area contributed by atoms with Crippen molar-refractivity contribution in [2.45, 2.75) is 13.8 Å². The minimum atomic E-state index is -0.193. The maximum Gasteiger partial charge on any atom is 0.182 e. The van der Waals surface area contributed by atoms with Crippen molar-refractivity contribution in [1.82, 2.24) is 25.0 Å². The van der Waals surface area contributed by atoms with E-state index in [1.54, 1.807) is 17.1 Å². The zero-order chi connectivity index (χ0) is 17.3. The second kappa shape index (κ2) is 6.37. The summed E-state index contributed by atoms with van der Waals surface area (Å²) in [6.45, 7) is 3.39. The molecule has 1 N–H and O–H groups in total. The highest BCUT2D eigenvalue weighted by Gasteiger charge is 2.14. The number of halogens is 1. The summed E-state index contributed by atoms with van der Waals surface area (Å²) in [5, 5.41) is 15.3. The number of Topliss-reactive ketones (excluding diaryl/α,β-unsaturated/α-hetero) is 1. The van der Waals surface area contributed by atoms with Crippen LogP contribution in [0.2, 0.25) is 5.15 Å². The largest absolute Gasteiger partial charge is 0.353 e. The van der Waals surface area contributed by atoms with E-state index in [0.717, 1.165) is 16.8 Å². The Kier molecular flexibility index (Phi) is 4.26. The monoisotopic (exact) mass is 342 g/mol. The van der Waals surface area contributed by atoms with Gasteiger partial charge in [0.25, 0.3) is 0 Å². The first kappa shape index (κ1) is 16.1. The molecular weight excluding hydrogens is 328 g/mol. The van der Waals surface area contributed by atoms with Crippen molar-refractivity contribution in [2.24, 2.45) is 7.05 Å². The molecule has 122 valence electrons. The van der Waals surface area contributed by atoms with Crippen LogP contribution in [0.25, 0.3) is 11.4 Å². The summed E-state index contributed by atoms with van der Waals surface area (Å²) in [6.07, 6.45) is 1.65. The Labute approximate surface area is 143 Å². The molecule has 8 heteroatoms. The van der Waals surface area contributed by atoms with Gasteiger partial charge in [-0.3, -0.25) is 9.48 Å². The lowest BCUT2D eigenvalue weighted by atomic mass is 10.1. The molecule has 0 fully saturated rings. The van der Waals surface area contributed by atoms with Crippen LogP contribution in [0.3, 0.4) is 0 Å². The van der Waals surface area contributed by atoms with Crippen LogP contribution in [0.4, 0.5) is 11.4 Å². The number of anilines is 2. The summed E-state index contributed by atoms with van der Waals surface area (Å²) >= 11 is 5.91. The second-order valence-corrected chi connectivity index (χ2v) is 5.72. The Balaban J connectivity index is 2.03. The summed E-state index contributed by atoms with van der Waals surface area (Å²) in [4.78, 5) is 16.0. The van der Waals surface area contributed by atoms with Gasteiger partial charge in [-0.15, -0.1) is 10.2 Å². The van der Waals surface area contributed by atoms with Gasteiger partial charge >= 0.3 is 0 Å². The zero-order valence-electron chi connectivity index (χ0n) is 13.4. The first-order chi connectivity index (χ1) is 11.5. The fourth-order valence-electron chi connectivity index (χ4n) is 2.34. The lowest BCUT2D eigenvalue weighted by Crippen LogP contribution is -2.06. The Morgan fingerprint density at radius 2 is 2.04 bits per heavy atom. The van der Waals surface area contributed by atoms with Crippen molar-refractivity contribution in [2.75, 3.05) is 5.32 Å². The first-order valence-electron chi connectivity index (χ1n) is 7.22. The average Bonchev–Trinajstić information content (AvgIpc) is 2.95. The molecule has 7 nitrogen and oxygen atoms in total. The lowest BCUT2D eigenvalue weighted by molar-refractivity contribution is 0.101. The number of nitrogens with one attached hydrogen (secondary N) is 1. The number of aromatic nitrogens is 5. The number of rotatable bonds is 4. The average molecular weight is 343 g/mol. The molecule has 0 saturated carbocycles. The molecule has 2 heterocycles. The van der Waals surface area contributed by atoms with Crippen LogP contribution < -0.4 is 5.32 Å². The van der Waals surface area contributed by atoms with Crippen LogP contribution in [0.5, 0.6) is 0 Å². The van der Waals surface area contributed by atoms with Crippen LogP contribution in [-0.4, -0.2) is 30.7 Å². The number of ketones is 1. The van der Waals surface area contributed by atoms with E-state index >= 15 is 0 Å². The molecule has 0 aliphatic rings. The van der Waals surface area contributed by atoms with Crippen molar-refractivity contribution in [3.05, 3.63) is 47.0 Å². The highest BCUT2D eigenvalue weighted by atomic mass is 35.5. The SMILES string of the molecule is CC(=O)c1nnc(Cl)cc1Nc1cccc(-c2ncn(C)n2)c1C. The van der Waals surface area contributed by atoms with Crippen LogP contribution in [0.1, 0.15) is 23.0 Å². The molecule has 0 aliphatic carbocycles. The fraction of sp³-hybridized carbons (Fsp3) is 0.188. The van der Waals surface area contributed by atoms with Crippen molar-refractivity contribution in [1.29, 1.82) is 0 Å². The Morgan fingerprint density at radius 3 is 2.71 bits per heavy atom. The molecule has 2 aromatic heterocycles. The van der Waals surface area contributed by atoms with E-state index in [2.05, 4.69) is 25.6 Å². The molecule has 0 bridgehead atoms. The van der Waals surface area contributed by atoms with Crippen molar-refractivity contribution >= 4 is 28.8 Å². The number of hydrogen-bond donors (Lipinski definition) is 1. The normalized spacial score (nSPS) is 10.7. The topological polar surface area (TPSA) is 85.6 Å². The van der Waals surface area contributed by atoms with Crippen LogP contribution >= 0.6 is 11.6 Å². The second-order valence-electron chi connectivity index (χ2n) is 5.33. The molecule has 1 aromatic carbocycles. The van der Waals surface area contributed by atoms with Gasteiger partial charge in [0.2, 0.25) is 0 Å². The number of benzene rings is 1. The van der Waals surface area contributed by atoms with Gasteiger partial charge in [-0.2, -0.15) is 5.10 Å². The summed E-state index contributed by atoms with van der Waals surface area (Å²) in [5.74, 6) is 0.443. The van der Waals surface area contributed by atoms with Gasteiger partial charge in [0, 0.05) is 31.3 Å². The van der Waals surface area contributed by atoms with Gasteiger partial charge in [0.1, 0.15) is 6.33 Å². The third-order valence-electron chi connectivity index (χ3n) is 3.54. The third-order valence-corrected chi connectivity index (χ3v) is 3.73. The molecule has 0 spiro atoms. The molecule has 0 amide bonds. The van der Waals surface area contributed by atoms with E-state index in [-0.39, 0.29) is 16.6 Å². The van der Waals surface area contributed by atoms with Gasteiger partial charge in [0.05, 0.1) is 5.69 Å². The standard InChI is InChI=1S/C16H15ClN6O/c1-9-11(16-18-8-23(3)22-16)5-4-6-12(9)19-13-7-14(17)20-21-15(13)10(2)24/h4-8H,1-3H3,(H,19,20). The molecule has 0 saturated heterocycles. The quantitative estimate of drug-likeness (QED) is 0.733. The summed E-state index contributed by atoms with van der Waals surface area (Å²) < 4.78 is 1.65. The molecule has 0 unspecified atom stereocenters. The smallest absolute Gasteiger partial charge is 0.182 e.